The molecule has 0 aromatic heterocycles. The Morgan fingerprint density at radius 3 is 2.65 bits per heavy atom. The molecule has 1 atom stereocenters. The van der Waals surface area contributed by atoms with E-state index in [0.29, 0.717) is 6.79 Å². The molecule has 31 heavy (non-hydrogen) atoms. The van der Waals surface area contributed by atoms with E-state index in [0.717, 1.165) is 36.5 Å². The van der Waals surface area contributed by atoms with E-state index in [9.17, 15) is 0 Å². The fraction of sp³-hybridized carbons (Fsp3) is 0.769. The standard InChI is InChI=1S/C26H41N3O2/c1-4-13-27(14-5-1)16-17-28(20-23-9-6-12-25-26(23)31-21-30-25)18-22-8-7-15-29(19-22)24-10-2-3-11-24/h6,9,12,22,24H,1-5,7-8,10-11,13-21H2. The minimum Gasteiger partial charge on any atom is -0.454 e. The van der Waals surface area contributed by atoms with Gasteiger partial charge in [0.1, 0.15) is 0 Å². The summed E-state index contributed by atoms with van der Waals surface area (Å²) in [6.45, 7) is 10.1. The van der Waals surface area contributed by atoms with Crippen molar-refractivity contribution in [1.29, 1.82) is 0 Å². The second kappa shape index (κ2) is 10.5. The molecule has 0 N–H and O–H groups in total. The van der Waals surface area contributed by atoms with E-state index in [1.54, 1.807) is 0 Å². The molecule has 5 rings (SSSR count). The molecular formula is C26H41N3O2. The predicted octanol–water partition coefficient (Wildman–Crippen LogP) is 4.36. The molecule has 3 heterocycles. The van der Waals surface area contributed by atoms with Gasteiger partial charge in [-0.05, 0) is 70.1 Å². The molecule has 1 saturated carbocycles. The lowest BCUT2D eigenvalue weighted by molar-refractivity contribution is 0.0908. The van der Waals surface area contributed by atoms with Crippen molar-refractivity contribution < 1.29 is 9.47 Å². The molecule has 5 heteroatoms. The van der Waals surface area contributed by atoms with Gasteiger partial charge in [-0.1, -0.05) is 31.4 Å². The molecule has 2 saturated heterocycles. The first kappa shape index (κ1) is 21.5. The van der Waals surface area contributed by atoms with Gasteiger partial charge in [0.2, 0.25) is 6.79 Å². The van der Waals surface area contributed by atoms with Crippen LogP contribution in [0.2, 0.25) is 0 Å². The zero-order valence-corrected chi connectivity index (χ0v) is 19.3. The van der Waals surface area contributed by atoms with E-state index in [4.69, 9.17) is 9.47 Å². The number of ether oxygens (including phenoxy) is 2. The number of hydrogen-bond acceptors (Lipinski definition) is 5. The van der Waals surface area contributed by atoms with E-state index in [2.05, 4.69) is 26.8 Å². The second-order valence-electron chi connectivity index (χ2n) is 10.2. The highest BCUT2D eigenvalue weighted by atomic mass is 16.7. The fourth-order valence-electron chi connectivity index (χ4n) is 6.27. The van der Waals surface area contributed by atoms with E-state index in [1.807, 2.05) is 6.07 Å². The Balaban J connectivity index is 1.23. The molecule has 5 nitrogen and oxygen atoms in total. The molecule has 0 radical (unpaired) electrons. The normalized spacial score (nSPS) is 25.5. The van der Waals surface area contributed by atoms with Crippen LogP contribution in [0.5, 0.6) is 11.5 Å². The van der Waals surface area contributed by atoms with Crippen LogP contribution in [-0.2, 0) is 6.54 Å². The Bertz CT molecular complexity index is 700. The van der Waals surface area contributed by atoms with E-state index in [-0.39, 0.29) is 0 Å². The highest BCUT2D eigenvalue weighted by Crippen LogP contribution is 2.36. The SMILES string of the molecule is c1cc(CN(CCN2CCCCC2)CC2CCCN(C3CCCC3)C2)c2c(c1)OCO2. The van der Waals surface area contributed by atoms with Crippen LogP contribution in [0.4, 0.5) is 0 Å². The third-order valence-corrected chi connectivity index (χ3v) is 7.96. The van der Waals surface area contributed by atoms with Gasteiger partial charge in [-0.15, -0.1) is 0 Å². The number of likely N-dealkylation sites (tertiary alicyclic amines) is 2. The zero-order valence-electron chi connectivity index (χ0n) is 19.3. The van der Waals surface area contributed by atoms with Crippen molar-refractivity contribution in [2.24, 2.45) is 5.92 Å². The third kappa shape index (κ3) is 5.55. The molecule has 3 fully saturated rings. The fourth-order valence-corrected chi connectivity index (χ4v) is 6.27. The maximum atomic E-state index is 5.83. The summed E-state index contributed by atoms with van der Waals surface area (Å²) < 4.78 is 11.5. The van der Waals surface area contributed by atoms with Gasteiger partial charge >= 0.3 is 0 Å². The van der Waals surface area contributed by atoms with Crippen LogP contribution in [0.3, 0.4) is 0 Å². The van der Waals surface area contributed by atoms with Crippen molar-refractivity contribution in [3.63, 3.8) is 0 Å². The molecule has 3 aliphatic heterocycles. The Labute approximate surface area is 188 Å². The van der Waals surface area contributed by atoms with Crippen molar-refractivity contribution in [2.75, 3.05) is 52.6 Å². The topological polar surface area (TPSA) is 28.2 Å². The number of hydrogen-bond donors (Lipinski definition) is 0. The smallest absolute Gasteiger partial charge is 0.231 e. The number of benzene rings is 1. The first-order valence-electron chi connectivity index (χ1n) is 12.9. The molecule has 1 aromatic rings. The Hall–Kier alpha value is -1.30. The van der Waals surface area contributed by atoms with Crippen molar-refractivity contribution in [2.45, 2.75) is 70.4 Å². The van der Waals surface area contributed by atoms with Crippen molar-refractivity contribution in [1.82, 2.24) is 14.7 Å². The predicted molar refractivity (Wildman–Crippen MR) is 125 cm³/mol. The summed E-state index contributed by atoms with van der Waals surface area (Å²) in [5.41, 5.74) is 1.29. The average molecular weight is 428 g/mol. The second-order valence-corrected chi connectivity index (χ2v) is 10.2. The molecule has 172 valence electrons. The summed E-state index contributed by atoms with van der Waals surface area (Å²) in [6, 6.07) is 7.25. The molecule has 4 aliphatic rings. The average Bonchev–Trinajstić information content (AvgIpc) is 3.51. The molecule has 1 unspecified atom stereocenters. The zero-order chi connectivity index (χ0) is 20.9. The molecular weight excluding hydrogens is 386 g/mol. The van der Waals surface area contributed by atoms with Crippen LogP contribution in [0.1, 0.15) is 63.4 Å². The molecule has 1 aliphatic carbocycles. The van der Waals surface area contributed by atoms with Crippen LogP contribution in [0.25, 0.3) is 0 Å². The Morgan fingerprint density at radius 1 is 0.903 bits per heavy atom. The van der Waals surface area contributed by atoms with Gasteiger partial charge in [0, 0.05) is 44.3 Å². The number of nitrogens with zero attached hydrogens (tertiary/aromatic N) is 3. The van der Waals surface area contributed by atoms with E-state index < -0.39 is 0 Å². The lowest BCUT2D eigenvalue weighted by Gasteiger charge is -2.39. The number of piperidine rings is 2. The first-order chi connectivity index (χ1) is 15.3. The van der Waals surface area contributed by atoms with Gasteiger partial charge in [0.15, 0.2) is 11.5 Å². The molecule has 1 aromatic carbocycles. The van der Waals surface area contributed by atoms with Crippen LogP contribution < -0.4 is 9.47 Å². The summed E-state index contributed by atoms with van der Waals surface area (Å²) in [6.07, 6.45) is 12.6. The minimum absolute atomic E-state index is 0.360. The van der Waals surface area contributed by atoms with Gasteiger partial charge in [0.05, 0.1) is 0 Å². The third-order valence-electron chi connectivity index (χ3n) is 7.96. The summed E-state index contributed by atoms with van der Waals surface area (Å²) in [5, 5.41) is 0. The highest BCUT2D eigenvalue weighted by Gasteiger charge is 2.29. The highest BCUT2D eigenvalue weighted by molar-refractivity contribution is 5.48. The van der Waals surface area contributed by atoms with Crippen molar-refractivity contribution in [3.05, 3.63) is 23.8 Å². The van der Waals surface area contributed by atoms with E-state index in [1.165, 1.54) is 103 Å². The number of fused-ring (bicyclic) bond motifs is 1. The Morgan fingerprint density at radius 2 is 1.77 bits per heavy atom. The lowest BCUT2D eigenvalue weighted by atomic mass is 9.95. The largest absolute Gasteiger partial charge is 0.454 e. The van der Waals surface area contributed by atoms with Crippen molar-refractivity contribution >= 4 is 0 Å². The van der Waals surface area contributed by atoms with Gasteiger partial charge < -0.3 is 19.3 Å². The van der Waals surface area contributed by atoms with Crippen LogP contribution in [0, 0.1) is 5.92 Å². The van der Waals surface area contributed by atoms with Crippen LogP contribution >= 0.6 is 0 Å². The van der Waals surface area contributed by atoms with Crippen LogP contribution in [0.15, 0.2) is 18.2 Å². The summed E-state index contributed by atoms with van der Waals surface area (Å²) in [5.74, 6) is 2.69. The van der Waals surface area contributed by atoms with Gasteiger partial charge in [-0.25, -0.2) is 0 Å². The molecule has 0 spiro atoms. The summed E-state index contributed by atoms with van der Waals surface area (Å²) in [4.78, 5) is 8.23. The Kier molecular flexibility index (Phi) is 7.33. The summed E-state index contributed by atoms with van der Waals surface area (Å²) in [7, 11) is 0. The number of para-hydroxylation sites is 1. The van der Waals surface area contributed by atoms with Gasteiger partial charge in [0.25, 0.3) is 0 Å². The van der Waals surface area contributed by atoms with Gasteiger partial charge in [-0.3, -0.25) is 4.90 Å². The lowest BCUT2D eigenvalue weighted by Crippen LogP contribution is -2.46. The maximum Gasteiger partial charge on any atom is 0.231 e. The van der Waals surface area contributed by atoms with Crippen LogP contribution in [-0.4, -0.2) is 73.3 Å². The molecule has 0 bridgehead atoms. The molecule has 0 amide bonds. The van der Waals surface area contributed by atoms with E-state index >= 15 is 0 Å². The summed E-state index contributed by atoms with van der Waals surface area (Å²) >= 11 is 0. The van der Waals surface area contributed by atoms with Crippen molar-refractivity contribution in [3.8, 4) is 11.5 Å². The minimum atomic E-state index is 0.360. The monoisotopic (exact) mass is 427 g/mol. The van der Waals surface area contributed by atoms with Gasteiger partial charge in [-0.2, -0.15) is 0 Å². The first-order valence-corrected chi connectivity index (χ1v) is 12.9. The quantitative estimate of drug-likeness (QED) is 0.615. The number of rotatable bonds is 8. The maximum absolute atomic E-state index is 5.83.